The van der Waals surface area contributed by atoms with Gasteiger partial charge in [-0.25, -0.2) is 0 Å². The minimum atomic E-state index is -1.49. The summed E-state index contributed by atoms with van der Waals surface area (Å²) < 4.78 is 0. The van der Waals surface area contributed by atoms with Crippen LogP contribution in [0.25, 0.3) is 0 Å². The molecule has 0 spiro atoms. The lowest BCUT2D eigenvalue weighted by atomic mass is 10.2. The summed E-state index contributed by atoms with van der Waals surface area (Å²) in [5.74, 6) is -3.27. The molecule has 0 amide bonds. The van der Waals surface area contributed by atoms with Crippen molar-refractivity contribution in [1.82, 2.24) is 0 Å². The Bertz CT molecular complexity index is 202. The molecule has 0 aliphatic heterocycles. The van der Waals surface area contributed by atoms with E-state index < -0.39 is 23.4 Å². The van der Waals surface area contributed by atoms with E-state index in [-0.39, 0.29) is 6.42 Å². The molecule has 4 N–H and O–H groups in total. The van der Waals surface area contributed by atoms with Crippen molar-refractivity contribution in [2.24, 2.45) is 11.7 Å². The second-order valence-corrected chi connectivity index (χ2v) is 2.44. The zero-order chi connectivity index (χ0) is 7.94. The van der Waals surface area contributed by atoms with Crippen molar-refractivity contribution in [2.75, 3.05) is 0 Å². The van der Waals surface area contributed by atoms with Crippen LogP contribution in [0, 0.1) is 5.92 Å². The monoisotopic (exact) mass is 145 g/mol. The summed E-state index contributed by atoms with van der Waals surface area (Å²) >= 11 is 0. The molecule has 0 saturated heterocycles. The third-order valence-corrected chi connectivity index (χ3v) is 1.70. The molecule has 10 heavy (non-hydrogen) atoms. The highest BCUT2D eigenvalue weighted by molar-refractivity contribution is 5.92. The average molecular weight is 145 g/mol. The second kappa shape index (κ2) is 1.69. The van der Waals surface area contributed by atoms with Crippen LogP contribution in [0.3, 0.4) is 0 Å². The van der Waals surface area contributed by atoms with E-state index in [2.05, 4.69) is 0 Å². The molecule has 1 saturated carbocycles. The third kappa shape index (κ3) is 0.750. The number of rotatable bonds is 2. The lowest BCUT2D eigenvalue weighted by Crippen LogP contribution is -2.36. The minimum Gasteiger partial charge on any atom is -0.481 e. The standard InChI is InChI=1S/C5H7NO4/c6-5(4(9)10)1-2(5)3(7)8/h2H,1,6H2,(H,7,8)(H,9,10). The Morgan fingerprint density at radius 2 is 2.00 bits per heavy atom. The zero-order valence-corrected chi connectivity index (χ0v) is 5.07. The highest BCUT2D eigenvalue weighted by Crippen LogP contribution is 2.41. The first kappa shape index (κ1) is 7.01. The summed E-state index contributed by atoms with van der Waals surface area (Å²) in [5.41, 5.74) is 3.66. The summed E-state index contributed by atoms with van der Waals surface area (Å²) in [6, 6.07) is 0. The van der Waals surface area contributed by atoms with E-state index in [0.29, 0.717) is 0 Å². The van der Waals surface area contributed by atoms with E-state index >= 15 is 0 Å². The van der Waals surface area contributed by atoms with Crippen LogP contribution in [0.1, 0.15) is 6.42 Å². The summed E-state index contributed by atoms with van der Waals surface area (Å²) in [6.45, 7) is 0. The molecule has 1 aliphatic carbocycles. The number of carbonyl (C=O) groups is 2. The Labute approximate surface area is 56.4 Å². The summed E-state index contributed by atoms with van der Waals surface area (Å²) in [4.78, 5) is 20.3. The van der Waals surface area contributed by atoms with Crippen LogP contribution in [0.2, 0.25) is 0 Å². The van der Waals surface area contributed by atoms with Gasteiger partial charge < -0.3 is 15.9 Å². The molecule has 0 bridgehead atoms. The number of hydrogen-bond donors (Lipinski definition) is 3. The van der Waals surface area contributed by atoms with Crippen molar-refractivity contribution in [1.29, 1.82) is 0 Å². The molecular weight excluding hydrogens is 138 g/mol. The predicted molar refractivity (Wildman–Crippen MR) is 30.3 cm³/mol. The van der Waals surface area contributed by atoms with Crippen molar-refractivity contribution in [3.63, 3.8) is 0 Å². The number of hydrogen-bond acceptors (Lipinski definition) is 3. The highest BCUT2D eigenvalue weighted by atomic mass is 16.4. The molecule has 5 heteroatoms. The molecule has 0 heterocycles. The van der Waals surface area contributed by atoms with Gasteiger partial charge in [0.05, 0.1) is 5.92 Å². The zero-order valence-electron chi connectivity index (χ0n) is 5.07. The first-order valence-corrected chi connectivity index (χ1v) is 2.73. The van der Waals surface area contributed by atoms with Gasteiger partial charge in [-0.2, -0.15) is 0 Å². The van der Waals surface area contributed by atoms with Gasteiger partial charge in [0.25, 0.3) is 0 Å². The van der Waals surface area contributed by atoms with Crippen LogP contribution in [0.5, 0.6) is 0 Å². The SMILES string of the molecule is NC1(C(=O)O)CC1C(=O)O. The van der Waals surface area contributed by atoms with Crippen molar-refractivity contribution in [3.05, 3.63) is 0 Å². The van der Waals surface area contributed by atoms with Crippen LogP contribution in [0.15, 0.2) is 0 Å². The first-order chi connectivity index (χ1) is 4.48. The quantitative estimate of drug-likeness (QED) is 0.456. The maximum atomic E-state index is 10.2. The smallest absolute Gasteiger partial charge is 0.324 e. The van der Waals surface area contributed by atoms with E-state index in [1.807, 2.05) is 0 Å². The van der Waals surface area contributed by atoms with Gasteiger partial charge >= 0.3 is 11.9 Å². The molecule has 1 aliphatic rings. The Morgan fingerprint density at radius 3 is 2.10 bits per heavy atom. The molecule has 2 unspecified atom stereocenters. The van der Waals surface area contributed by atoms with E-state index in [1.54, 1.807) is 0 Å². The maximum absolute atomic E-state index is 10.2. The fourth-order valence-electron chi connectivity index (χ4n) is 0.823. The molecule has 2 atom stereocenters. The molecule has 5 nitrogen and oxygen atoms in total. The fourth-order valence-corrected chi connectivity index (χ4v) is 0.823. The van der Waals surface area contributed by atoms with Gasteiger partial charge in [0, 0.05) is 0 Å². The molecule has 0 aromatic carbocycles. The van der Waals surface area contributed by atoms with Crippen LogP contribution < -0.4 is 5.73 Å². The van der Waals surface area contributed by atoms with Crippen molar-refractivity contribution < 1.29 is 19.8 Å². The maximum Gasteiger partial charge on any atom is 0.324 e. The summed E-state index contributed by atoms with van der Waals surface area (Å²) in [6.07, 6.45) is 0.0394. The van der Waals surface area contributed by atoms with Gasteiger partial charge in [-0.05, 0) is 6.42 Å². The van der Waals surface area contributed by atoms with Crippen molar-refractivity contribution in [2.45, 2.75) is 12.0 Å². The topological polar surface area (TPSA) is 101 Å². The number of aliphatic carboxylic acids is 2. The molecule has 1 fully saturated rings. The Balaban J connectivity index is 2.65. The number of carboxylic acids is 2. The van der Waals surface area contributed by atoms with E-state index in [9.17, 15) is 9.59 Å². The second-order valence-electron chi connectivity index (χ2n) is 2.44. The minimum absolute atomic E-state index is 0.0394. The first-order valence-electron chi connectivity index (χ1n) is 2.73. The molecule has 1 rings (SSSR count). The lowest BCUT2D eigenvalue weighted by Gasteiger charge is -1.99. The Kier molecular flexibility index (Phi) is 1.19. The molecule has 0 aromatic rings. The Morgan fingerprint density at radius 1 is 1.50 bits per heavy atom. The fraction of sp³-hybridized carbons (Fsp3) is 0.600. The Hall–Kier alpha value is -1.10. The molecular formula is C5H7NO4. The van der Waals surface area contributed by atoms with Crippen LogP contribution >= 0.6 is 0 Å². The van der Waals surface area contributed by atoms with Crippen LogP contribution in [-0.2, 0) is 9.59 Å². The normalized spacial score (nSPS) is 37.1. The van der Waals surface area contributed by atoms with E-state index in [0.717, 1.165) is 0 Å². The summed E-state index contributed by atoms with van der Waals surface area (Å²) in [5, 5.41) is 16.6. The van der Waals surface area contributed by atoms with Crippen LogP contribution in [0.4, 0.5) is 0 Å². The van der Waals surface area contributed by atoms with E-state index in [4.69, 9.17) is 15.9 Å². The van der Waals surface area contributed by atoms with Gasteiger partial charge in [-0.1, -0.05) is 0 Å². The van der Waals surface area contributed by atoms with Crippen molar-refractivity contribution in [3.8, 4) is 0 Å². The molecule has 56 valence electrons. The van der Waals surface area contributed by atoms with Gasteiger partial charge in [0.1, 0.15) is 5.54 Å². The van der Waals surface area contributed by atoms with Gasteiger partial charge in [0.2, 0.25) is 0 Å². The molecule has 0 aromatic heterocycles. The summed E-state index contributed by atoms with van der Waals surface area (Å²) in [7, 11) is 0. The third-order valence-electron chi connectivity index (χ3n) is 1.70. The predicted octanol–water partition coefficient (Wildman–Crippen LogP) is -1.13. The van der Waals surface area contributed by atoms with Crippen molar-refractivity contribution >= 4 is 11.9 Å². The average Bonchev–Trinajstić information content (AvgIpc) is 2.43. The van der Waals surface area contributed by atoms with Crippen LogP contribution in [-0.4, -0.2) is 27.7 Å². The number of nitrogens with two attached hydrogens (primary N) is 1. The van der Waals surface area contributed by atoms with Gasteiger partial charge in [-0.3, -0.25) is 9.59 Å². The highest BCUT2D eigenvalue weighted by Gasteiger charge is 2.62. The number of carboxylic acid groups (broad SMARTS) is 2. The molecule has 0 radical (unpaired) electrons. The van der Waals surface area contributed by atoms with Gasteiger partial charge in [0.15, 0.2) is 0 Å². The lowest BCUT2D eigenvalue weighted by molar-refractivity contribution is -0.145. The van der Waals surface area contributed by atoms with Gasteiger partial charge in [-0.15, -0.1) is 0 Å². The van der Waals surface area contributed by atoms with E-state index in [1.165, 1.54) is 0 Å². The largest absolute Gasteiger partial charge is 0.481 e.